The van der Waals surface area contributed by atoms with Crippen LogP contribution in [-0.4, -0.2) is 496 Å². The minimum absolute atomic E-state index is 0. The van der Waals surface area contributed by atoms with E-state index < -0.39 is 51.6 Å². The van der Waals surface area contributed by atoms with Gasteiger partial charge in [-0.15, -0.1) is 0 Å². The number of hydrogen-bond donors (Lipinski definition) is 4. The van der Waals surface area contributed by atoms with Crippen LogP contribution in [0, 0.1) is 5.92 Å². The van der Waals surface area contributed by atoms with Gasteiger partial charge in [0.15, 0.2) is 0 Å². The number of carbonyl (C=O) groups excluding carboxylic acids is 4. The van der Waals surface area contributed by atoms with Gasteiger partial charge in [0.2, 0.25) is 25.5 Å². The number of carbonyl (C=O) groups is 4. The number of ketones is 1. The van der Waals surface area contributed by atoms with Crippen LogP contribution in [0.1, 0.15) is 81.6 Å². The largest absolute Gasteiger partial charge is 0.766 e. The third-order valence-corrected chi connectivity index (χ3v) is 25.5. The molecule has 0 aromatic rings. The summed E-state index contributed by atoms with van der Waals surface area (Å²) in [5, 5.41) is 12.9. The van der Waals surface area contributed by atoms with E-state index in [9.17, 15) is 33.2 Å². The highest BCUT2D eigenvalue weighted by molar-refractivity contribution is 7.53. The van der Waals surface area contributed by atoms with Crippen molar-refractivity contribution >= 4 is 78.2 Å². The average Bonchev–Trinajstić information content (AvgIpc) is 1.79. The van der Waals surface area contributed by atoms with Gasteiger partial charge >= 0.3 is 7.67 Å². The molecule has 8 heterocycles. The first-order valence-corrected chi connectivity index (χ1v) is 46.2. The Labute approximate surface area is 764 Å². The molecule has 47 heteroatoms. The molecule has 3 amide bonds. The van der Waals surface area contributed by atoms with Gasteiger partial charge < -0.3 is 139 Å². The highest BCUT2D eigenvalue weighted by Crippen LogP contribution is 2.54. The molecule has 0 saturated carbocycles. The van der Waals surface area contributed by atoms with Gasteiger partial charge in [-0.25, -0.2) is 9.34 Å². The molecule has 8 saturated heterocycles. The van der Waals surface area contributed by atoms with Crippen molar-refractivity contribution in [1.29, 1.82) is 0 Å². The Bertz CT molecular complexity index is 3060. The third-order valence-electron chi connectivity index (χ3n) is 21.8. The number of ether oxygens (including phenoxy) is 20. The topological polar surface area (TPSA) is 405 Å². The number of likely N-dealkylation sites (N-methyl/N-ethyl adjacent to an activating group) is 3. The molecule has 0 spiro atoms. The van der Waals surface area contributed by atoms with Crippen LogP contribution in [0.25, 0.3) is 0 Å². The first kappa shape index (κ1) is 121. The first-order valence-electron chi connectivity index (χ1n) is 43.1. The van der Waals surface area contributed by atoms with Gasteiger partial charge in [-0.2, -0.15) is 5.06 Å². The number of hydrogen-bond acceptors (Lipinski definition) is 34. The molecule has 0 aromatic carbocycles. The van der Waals surface area contributed by atoms with Crippen LogP contribution in [0.2, 0.25) is 6.32 Å². The fraction of sp³-hybridized carbons (Fsp3) is 0.950. The zero-order chi connectivity index (χ0) is 94.6. The third kappa shape index (κ3) is 41.2. The van der Waals surface area contributed by atoms with Gasteiger partial charge in [-0.05, 0) is 95.4 Å². The Hall–Kier alpha value is -2.38. The number of rotatable bonds is 47. The quantitative estimate of drug-likeness (QED) is 0.0329. The van der Waals surface area contributed by atoms with Gasteiger partial charge in [0, 0.05) is 199 Å². The summed E-state index contributed by atoms with van der Waals surface area (Å²) >= 11 is 0. The predicted octanol–water partition coefficient (Wildman–Crippen LogP) is -0.816. The second-order valence-corrected chi connectivity index (χ2v) is 36.3. The predicted molar refractivity (Wildman–Crippen MR) is 479 cm³/mol. The molecule has 8 fully saturated rings. The zero-order valence-corrected chi connectivity index (χ0v) is 81.2. The molecule has 4 N–H and O–H groups in total. The molecule has 6 unspecified atom stereocenters. The van der Waals surface area contributed by atoms with Gasteiger partial charge in [0.25, 0.3) is 0 Å². The summed E-state index contributed by atoms with van der Waals surface area (Å²) in [5.41, 5.74) is 0. The second kappa shape index (κ2) is 64.6. The summed E-state index contributed by atoms with van der Waals surface area (Å²) < 4.78 is 149. The molecule has 732 valence electrons. The molecule has 8 rings (SSSR count). The zero-order valence-electron chi connectivity index (χ0n) is 79.4. The maximum Gasteiger partial charge on any atom is 0.345 e. The standard InChI is InChI=1S/C17H32BNO7.C15H27BN4O4.C15H31BN3O5P.C13H26BN2O6P.C10H19BO4.C9H18O4.CH4/c1-10-14(21-4)16(23-6)13(25-10)9-24-19(2)7-11-12(8-20-3)26-17(18)15(11)22-5;1-4-14(23)19(10-12(2)21)8-6-18-13(22)11-20(7-5-17-3)15(24)9-16;1-12-6-18(4)7-13(23-12)11-22-25(20,17(2)3)19-8-14(10-21-5)24-15(16)9-19;1-8-4-9(15-2)12(21-8)7-20-23(17,18)16-10-5-13(14)22-11(10)6-19-3;1-4-5-14-9-8(13-3)7(6-12-2)15-10(9)11;1-6-8(11-3)9(12-4)7(13-6)5-10-2;/h10-17H,7-9H2,1-6H3;17H,4-11H2,1-3H3,(H,18,22);12-15H,6-11H2,1-5H3;8-13,15H,4-7H2,1-3H3,(H2,16,17,18);7-10H,4-6H2,1-3H3;6-9H,5H2,1-4H3;1H4/p-1/t10-,11+,12?,13?,14-,15+,16+,17+;;12-,13-,14-,15+,25?;8-,9-,10-,11+,12+,13+;7?,8-,9-,10-;6-,7?,8-,9+;/m0.0010./s1. The lowest BCUT2D eigenvalue weighted by Gasteiger charge is -2.43. The summed E-state index contributed by atoms with van der Waals surface area (Å²) in [6.45, 7) is 20.9. The summed E-state index contributed by atoms with van der Waals surface area (Å²) in [5.74, 6) is -0.865. The molecular weight excluding hydrogens is 1700 g/mol. The van der Waals surface area contributed by atoms with Crippen LogP contribution >= 0.6 is 15.4 Å². The van der Waals surface area contributed by atoms with Crippen LogP contribution in [0.3, 0.4) is 0 Å². The van der Waals surface area contributed by atoms with E-state index in [4.69, 9.17) is 148 Å². The van der Waals surface area contributed by atoms with Crippen LogP contribution in [-0.2, 0) is 137 Å². The molecule has 40 nitrogen and oxygen atoms in total. The molecule has 0 aliphatic carbocycles. The van der Waals surface area contributed by atoms with E-state index in [1.165, 1.54) is 23.8 Å². The Balaban J connectivity index is 0.000000522. The highest BCUT2D eigenvalue weighted by Gasteiger charge is 2.48. The van der Waals surface area contributed by atoms with Crippen molar-refractivity contribution in [3.8, 4) is 0 Å². The van der Waals surface area contributed by atoms with Crippen LogP contribution in [0.5, 0.6) is 0 Å². The van der Waals surface area contributed by atoms with Crippen molar-refractivity contribution in [2.24, 2.45) is 5.92 Å². The van der Waals surface area contributed by atoms with Gasteiger partial charge in [0.1, 0.15) is 92.1 Å². The normalized spacial score (nSPS) is 32.7. The number of methoxy groups -OCH3 is 11. The minimum atomic E-state index is -4.24. The van der Waals surface area contributed by atoms with E-state index in [1.54, 1.807) is 114 Å². The Morgan fingerprint density at radius 2 is 1.04 bits per heavy atom. The fourth-order valence-electron chi connectivity index (χ4n) is 15.9. The summed E-state index contributed by atoms with van der Waals surface area (Å²) in [7, 11) is 50.4. The molecule has 8 aliphatic heterocycles. The Morgan fingerprint density at radius 1 is 0.528 bits per heavy atom. The smallest absolute Gasteiger partial charge is 0.345 e. The highest BCUT2D eigenvalue weighted by atomic mass is 31.2. The molecule has 0 bridgehead atoms. The number of hydroxylamine groups is 2. The second-order valence-electron chi connectivity index (χ2n) is 32.2. The number of nitrogens with zero attached hydrogens (tertiary/aromatic N) is 6. The van der Waals surface area contributed by atoms with Crippen LogP contribution < -0.4 is 25.9 Å². The lowest BCUT2D eigenvalue weighted by atomic mass is 9.87. The monoisotopic (exact) mass is 1850 g/mol. The van der Waals surface area contributed by atoms with Gasteiger partial charge in [-0.1, -0.05) is 21.3 Å². The van der Waals surface area contributed by atoms with E-state index in [0.29, 0.717) is 85.2 Å². The van der Waals surface area contributed by atoms with Crippen LogP contribution in [0.15, 0.2) is 0 Å². The number of amides is 3. The van der Waals surface area contributed by atoms with E-state index in [1.807, 2.05) is 48.8 Å². The minimum Gasteiger partial charge on any atom is -0.766 e. The number of Topliss-reactive ketones (excluding diaryl/α,β-unsaturated/α-hetero) is 1. The molecule has 10 radical (unpaired) electrons. The summed E-state index contributed by atoms with van der Waals surface area (Å²) in [6.07, 6.45) is 0.102. The summed E-state index contributed by atoms with van der Waals surface area (Å²) in [6, 6.07) is -2.32. The van der Waals surface area contributed by atoms with Crippen molar-refractivity contribution in [1.82, 2.24) is 50.1 Å². The van der Waals surface area contributed by atoms with Crippen molar-refractivity contribution in [3.05, 3.63) is 0 Å². The van der Waals surface area contributed by atoms with Crippen LogP contribution in [0.4, 0.5) is 0 Å². The molecule has 8 aliphatic rings. The Morgan fingerprint density at radius 3 is 1.56 bits per heavy atom. The number of morpholine rings is 2. The average molecular weight is 1850 g/mol. The maximum atomic E-state index is 13.6. The van der Waals surface area contributed by atoms with Gasteiger partial charge in [0.05, 0.1) is 135 Å². The molecule has 127 heavy (non-hydrogen) atoms. The SMILES string of the molecule is C.COCC1O[C@@H](C)[C@H](OC)[C@@H]1OC.[B]CC(=O)N(CCNC)CC(=O)NCCN(CC(C)=O)C(=O)CC.[B][C@@H]1OC(COC)[C@@H](CN(C)OCC2O[C@@H](C)[C@H](OC)[C@@H]2OC)[C@H]1OC.[B][C@@H]1OC(COC)[C@@H](OC)[C@H]1OCCC.[B][C@H]1CN(P(=O)(OC[C@@H]2CN(C)C[C@H](C)O2)N(C)C)C[C@@H](COC)O1.[B][C@H]1C[C@H](NP(=O)([O-])OC[C@H]2O[C@@H](C)C[C@@H]2NC)[C@@H](COC)O1. The Kier molecular flexibility index (Phi) is 61.4. The lowest BCUT2D eigenvalue weighted by Crippen LogP contribution is -2.50. The van der Waals surface area contributed by atoms with E-state index in [0.717, 1.165) is 25.9 Å². The lowest BCUT2D eigenvalue weighted by molar-refractivity contribution is -0.205. The number of nitrogens with one attached hydrogen (secondary N) is 4. The first-order chi connectivity index (χ1) is 59.9. The maximum absolute atomic E-state index is 13.6. The van der Waals surface area contributed by atoms with Crippen molar-refractivity contribution in [3.63, 3.8) is 0 Å². The fourth-order valence-corrected chi connectivity index (χ4v) is 19.0. The molecule has 0 aromatic heterocycles. The van der Waals surface area contributed by atoms with Crippen molar-refractivity contribution in [2.75, 3.05) is 252 Å². The van der Waals surface area contributed by atoms with E-state index >= 15 is 0 Å². The van der Waals surface area contributed by atoms with Crippen molar-refractivity contribution in [2.45, 2.75) is 240 Å². The molecular formula is C80H156B5N10O30P2-. The van der Waals surface area contributed by atoms with Gasteiger partial charge in [-0.3, -0.25) is 38.2 Å². The summed E-state index contributed by atoms with van der Waals surface area (Å²) in [4.78, 5) is 69.6. The van der Waals surface area contributed by atoms with E-state index in [2.05, 4.69) is 32.9 Å². The van der Waals surface area contributed by atoms with E-state index in [-0.39, 0.29) is 205 Å². The van der Waals surface area contributed by atoms with Crippen molar-refractivity contribution < 1.29 is 142 Å². The molecule has 28 atom stereocenters.